The molecule has 1 aliphatic carbocycles. The molecule has 22 heavy (non-hydrogen) atoms. The van der Waals surface area contributed by atoms with E-state index < -0.39 is 0 Å². The van der Waals surface area contributed by atoms with Crippen LogP contribution >= 0.6 is 0 Å². The van der Waals surface area contributed by atoms with Crippen molar-refractivity contribution in [2.24, 2.45) is 0 Å². The first-order valence-corrected chi connectivity index (χ1v) is 7.60. The minimum absolute atomic E-state index is 0.106. The normalized spacial score (nSPS) is 31.1. The van der Waals surface area contributed by atoms with Gasteiger partial charge in [-0.05, 0) is 32.6 Å². The van der Waals surface area contributed by atoms with Crippen molar-refractivity contribution in [3.05, 3.63) is 17.5 Å². The number of likely N-dealkylation sites (tertiary alicyclic amines) is 1. The van der Waals surface area contributed by atoms with Crippen molar-refractivity contribution in [3.63, 3.8) is 0 Å². The Labute approximate surface area is 129 Å². The van der Waals surface area contributed by atoms with Gasteiger partial charge in [0.15, 0.2) is 0 Å². The van der Waals surface area contributed by atoms with E-state index in [0.29, 0.717) is 24.2 Å². The molecule has 1 aliphatic heterocycles. The summed E-state index contributed by atoms with van der Waals surface area (Å²) in [6.45, 7) is 2.37. The lowest BCUT2D eigenvalue weighted by molar-refractivity contribution is -0.0824. The molecule has 2 fully saturated rings. The van der Waals surface area contributed by atoms with Crippen molar-refractivity contribution < 1.29 is 14.6 Å². The van der Waals surface area contributed by atoms with Crippen molar-refractivity contribution in [1.29, 1.82) is 0 Å². The Bertz CT molecular complexity index is 594. The minimum Gasteiger partial charge on any atom is -0.393 e. The molecule has 0 bridgehead atoms. The first-order valence-electron chi connectivity index (χ1n) is 7.60. The summed E-state index contributed by atoms with van der Waals surface area (Å²) in [4.78, 5) is 22.7. The molecule has 1 aromatic rings. The third kappa shape index (κ3) is 2.34. The predicted molar refractivity (Wildman–Crippen MR) is 80.2 cm³/mol. The molecular weight excluding hydrogens is 284 g/mol. The number of aliphatic hydroxyl groups is 1. The number of anilines is 1. The molecule has 7 nitrogen and oxygen atoms in total. The quantitative estimate of drug-likeness (QED) is 0.825. The summed E-state index contributed by atoms with van der Waals surface area (Å²) < 4.78 is 5.76. The molecule has 1 saturated carbocycles. The maximum atomic E-state index is 12.9. The molecule has 1 amide bonds. The number of ether oxygens (including phenoxy) is 1. The van der Waals surface area contributed by atoms with Crippen LogP contribution in [-0.4, -0.2) is 57.3 Å². The Morgan fingerprint density at radius 1 is 1.55 bits per heavy atom. The lowest BCUT2D eigenvalue weighted by atomic mass is 9.79. The fourth-order valence-corrected chi connectivity index (χ4v) is 3.77. The van der Waals surface area contributed by atoms with Gasteiger partial charge < -0.3 is 20.5 Å². The highest BCUT2D eigenvalue weighted by atomic mass is 16.5. The van der Waals surface area contributed by atoms with Gasteiger partial charge in [-0.3, -0.25) is 4.79 Å². The van der Waals surface area contributed by atoms with Crippen LogP contribution in [0.5, 0.6) is 0 Å². The van der Waals surface area contributed by atoms with Crippen molar-refractivity contribution in [3.8, 4) is 0 Å². The summed E-state index contributed by atoms with van der Waals surface area (Å²) in [5, 5.41) is 9.99. The smallest absolute Gasteiger partial charge is 0.257 e. The van der Waals surface area contributed by atoms with Gasteiger partial charge in [-0.25, -0.2) is 9.97 Å². The largest absolute Gasteiger partial charge is 0.393 e. The molecule has 1 aromatic heterocycles. The number of fused-ring (bicyclic) bond motifs is 1. The fraction of sp³-hybridized carbons (Fsp3) is 0.667. The Kier molecular flexibility index (Phi) is 3.78. The zero-order valence-electron chi connectivity index (χ0n) is 13.0. The van der Waals surface area contributed by atoms with Crippen molar-refractivity contribution in [1.82, 2.24) is 14.9 Å². The Morgan fingerprint density at radius 2 is 2.32 bits per heavy atom. The van der Waals surface area contributed by atoms with Gasteiger partial charge in [0.1, 0.15) is 0 Å². The van der Waals surface area contributed by atoms with E-state index in [9.17, 15) is 9.90 Å². The highest BCUT2D eigenvalue weighted by Crippen LogP contribution is 2.42. The molecule has 3 N–H and O–H groups in total. The topological polar surface area (TPSA) is 102 Å². The van der Waals surface area contributed by atoms with Gasteiger partial charge in [-0.1, -0.05) is 0 Å². The van der Waals surface area contributed by atoms with Crippen LogP contribution in [0.25, 0.3) is 0 Å². The monoisotopic (exact) mass is 306 g/mol. The summed E-state index contributed by atoms with van der Waals surface area (Å²) in [5.41, 5.74) is 6.24. The van der Waals surface area contributed by atoms with Crippen LogP contribution in [0.1, 0.15) is 41.7 Å². The Balaban J connectivity index is 1.89. The maximum absolute atomic E-state index is 12.9. The molecule has 3 atom stereocenters. The SMILES string of the molecule is CO[C@@]12CC[C@H](O)C[C@@H]1N(C(=O)c1cnc(N)nc1C)CC2. The summed E-state index contributed by atoms with van der Waals surface area (Å²) in [6, 6.07) is -0.106. The predicted octanol–water partition coefficient (Wildman–Crippen LogP) is 0.512. The van der Waals surface area contributed by atoms with Crippen LogP contribution in [0, 0.1) is 6.92 Å². The zero-order chi connectivity index (χ0) is 15.9. The number of aliphatic hydroxyl groups excluding tert-OH is 1. The number of hydrogen-bond donors (Lipinski definition) is 2. The van der Waals surface area contributed by atoms with Gasteiger partial charge in [0.25, 0.3) is 5.91 Å². The third-order valence-corrected chi connectivity index (χ3v) is 5.05. The molecule has 120 valence electrons. The molecular formula is C15H22N4O3. The number of nitrogen functional groups attached to an aromatic ring is 1. The van der Waals surface area contributed by atoms with E-state index in [1.54, 1.807) is 18.9 Å². The average molecular weight is 306 g/mol. The summed E-state index contributed by atoms with van der Waals surface area (Å²) in [7, 11) is 1.69. The number of nitrogens with two attached hydrogens (primary N) is 1. The minimum atomic E-state index is -0.384. The van der Waals surface area contributed by atoms with E-state index in [0.717, 1.165) is 19.3 Å². The van der Waals surface area contributed by atoms with E-state index in [-0.39, 0.29) is 29.6 Å². The van der Waals surface area contributed by atoms with Gasteiger partial charge in [0.05, 0.1) is 29.0 Å². The van der Waals surface area contributed by atoms with Crippen LogP contribution < -0.4 is 5.73 Å². The number of aryl methyl sites for hydroxylation is 1. The molecule has 1 saturated heterocycles. The lowest BCUT2D eigenvalue weighted by Crippen LogP contribution is -2.52. The number of amides is 1. The van der Waals surface area contributed by atoms with E-state index in [4.69, 9.17) is 10.5 Å². The first-order chi connectivity index (χ1) is 10.5. The second-order valence-corrected chi connectivity index (χ2v) is 6.19. The van der Waals surface area contributed by atoms with Crippen LogP contribution in [0.2, 0.25) is 0 Å². The van der Waals surface area contributed by atoms with Crippen molar-refractivity contribution >= 4 is 11.9 Å². The van der Waals surface area contributed by atoms with E-state index in [1.165, 1.54) is 6.20 Å². The number of carbonyl (C=O) groups is 1. The molecule has 2 heterocycles. The fourth-order valence-electron chi connectivity index (χ4n) is 3.77. The summed E-state index contributed by atoms with van der Waals surface area (Å²) in [5.74, 6) is 0.0466. The van der Waals surface area contributed by atoms with Gasteiger partial charge in [0.2, 0.25) is 5.95 Å². The Morgan fingerprint density at radius 3 is 3.00 bits per heavy atom. The highest BCUT2D eigenvalue weighted by Gasteiger charge is 2.52. The van der Waals surface area contributed by atoms with Crippen LogP contribution in [0.15, 0.2) is 6.20 Å². The first kappa shape index (κ1) is 15.2. The van der Waals surface area contributed by atoms with Crippen LogP contribution in [0.3, 0.4) is 0 Å². The molecule has 0 radical (unpaired) electrons. The number of aromatic nitrogens is 2. The van der Waals surface area contributed by atoms with Crippen molar-refractivity contribution in [2.45, 2.75) is 50.4 Å². The van der Waals surface area contributed by atoms with Crippen LogP contribution in [0.4, 0.5) is 5.95 Å². The highest BCUT2D eigenvalue weighted by molar-refractivity contribution is 5.95. The second-order valence-electron chi connectivity index (χ2n) is 6.19. The number of methoxy groups -OCH3 is 1. The van der Waals surface area contributed by atoms with Gasteiger partial charge in [0, 0.05) is 19.9 Å². The molecule has 2 aliphatic rings. The van der Waals surface area contributed by atoms with E-state index >= 15 is 0 Å². The van der Waals surface area contributed by atoms with E-state index in [1.807, 2.05) is 0 Å². The standard InChI is InChI=1S/C15H22N4O3/c1-9-11(8-17-14(16)18-9)13(21)19-6-5-15(22-2)4-3-10(20)7-12(15)19/h8,10,12,20H,3-7H2,1-2H3,(H2,16,17,18)/t10-,12-,15+/m0/s1. The molecule has 7 heteroatoms. The van der Waals surface area contributed by atoms with Crippen LogP contribution in [-0.2, 0) is 4.74 Å². The second kappa shape index (κ2) is 5.48. The Hall–Kier alpha value is -1.73. The molecule has 3 rings (SSSR count). The molecule has 0 unspecified atom stereocenters. The maximum Gasteiger partial charge on any atom is 0.257 e. The molecule has 0 aromatic carbocycles. The zero-order valence-corrected chi connectivity index (χ0v) is 13.0. The van der Waals surface area contributed by atoms with Crippen molar-refractivity contribution in [2.75, 3.05) is 19.4 Å². The number of hydrogen-bond acceptors (Lipinski definition) is 6. The van der Waals surface area contributed by atoms with Gasteiger partial charge >= 0.3 is 0 Å². The third-order valence-electron chi connectivity index (χ3n) is 5.05. The van der Waals surface area contributed by atoms with Gasteiger partial charge in [-0.2, -0.15) is 0 Å². The average Bonchev–Trinajstić information content (AvgIpc) is 2.86. The summed E-state index contributed by atoms with van der Waals surface area (Å²) >= 11 is 0. The number of rotatable bonds is 2. The number of carbonyl (C=O) groups excluding carboxylic acids is 1. The summed E-state index contributed by atoms with van der Waals surface area (Å²) in [6.07, 6.45) is 3.93. The lowest BCUT2D eigenvalue weighted by Gasteiger charge is -2.42. The molecule has 0 spiro atoms. The van der Waals surface area contributed by atoms with E-state index in [2.05, 4.69) is 9.97 Å². The van der Waals surface area contributed by atoms with Gasteiger partial charge in [-0.15, -0.1) is 0 Å². The number of nitrogens with zero attached hydrogens (tertiary/aromatic N) is 3.